The van der Waals surface area contributed by atoms with Gasteiger partial charge in [0.05, 0.1) is 11.1 Å². The minimum Gasteiger partial charge on any atom is -0.335 e. The second-order valence-corrected chi connectivity index (χ2v) is 6.89. The predicted octanol–water partition coefficient (Wildman–Crippen LogP) is 4.78. The van der Waals surface area contributed by atoms with E-state index in [4.69, 9.17) is 11.6 Å². The molecule has 0 amide bonds. The minimum absolute atomic E-state index is 0.393. The summed E-state index contributed by atoms with van der Waals surface area (Å²) in [5.74, 6) is 0. The molecule has 1 aromatic carbocycles. The Morgan fingerprint density at radius 1 is 1.47 bits per heavy atom. The molecule has 1 aromatic rings. The van der Waals surface area contributed by atoms with Gasteiger partial charge in [-0.15, -0.1) is 0 Å². The first-order chi connectivity index (χ1) is 8.04. The highest BCUT2D eigenvalue weighted by Gasteiger charge is 2.18. The first-order valence-corrected chi connectivity index (χ1v) is 7.56. The van der Waals surface area contributed by atoms with Gasteiger partial charge in [0.15, 0.2) is 5.17 Å². The van der Waals surface area contributed by atoms with E-state index >= 15 is 0 Å². The van der Waals surface area contributed by atoms with Crippen LogP contribution in [0.3, 0.4) is 0 Å². The lowest BCUT2D eigenvalue weighted by Gasteiger charge is -2.23. The predicted molar refractivity (Wildman–Crippen MR) is 81.3 cm³/mol. The van der Waals surface area contributed by atoms with E-state index in [1.54, 1.807) is 11.8 Å². The molecule has 0 spiro atoms. The fourth-order valence-corrected chi connectivity index (χ4v) is 3.43. The lowest BCUT2D eigenvalue weighted by molar-refractivity contribution is 0.661. The Labute approximate surface area is 119 Å². The van der Waals surface area contributed by atoms with Crippen LogP contribution in [-0.2, 0) is 0 Å². The molecule has 17 heavy (non-hydrogen) atoms. The summed E-state index contributed by atoms with van der Waals surface area (Å²) >= 11 is 11.2. The maximum Gasteiger partial charge on any atom is 0.161 e. The molecule has 0 radical (unpaired) electrons. The zero-order valence-corrected chi connectivity index (χ0v) is 12.9. The van der Waals surface area contributed by atoms with Gasteiger partial charge in [-0.05, 0) is 47.5 Å². The molecule has 2 atom stereocenters. The van der Waals surface area contributed by atoms with Gasteiger partial charge in [-0.2, -0.15) is 0 Å². The van der Waals surface area contributed by atoms with Gasteiger partial charge in [0.1, 0.15) is 0 Å². The highest BCUT2D eigenvalue weighted by atomic mass is 79.9. The molecule has 1 heterocycles. The van der Waals surface area contributed by atoms with Crippen LogP contribution < -0.4 is 5.32 Å². The lowest BCUT2D eigenvalue weighted by Crippen LogP contribution is -2.22. The summed E-state index contributed by atoms with van der Waals surface area (Å²) in [6.07, 6.45) is 1.14. The summed E-state index contributed by atoms with van der Waals surface area (Å²) < 4.78 is 0.895. The van der Waals surface area contributed by atoms with Crippen molar-refractivity contribution in [1.29, 1.82) is 0 Å². The molecule has 92 valence electrons. The molecule has 1 aliphatic rings. The summed E-state index contributed by atoms with van der Waals surface area (Å²) in [5, 5.41) is 5.66. The number of hydrogen-bond donors (Lipinski definition) is 1. The molecule has 2 rings (SSSR count). The Bertz CT molecular complexity index is 450. The second kappa shape index (κ2) is 5.63. The highest BCUT2D eigenvalue weighted by Crippen LogP contribution is 2.29. The highest BCUT2D eigenvalue weighted by molar-refractivity contribution is 9.10. The molecule has 1 N–H and O–H groups in total. The van der Waals surface area contributed by atoms with Crippen molar-refractivity contribution in [2.24, 2.45) is 4.99 Å². The van der Waals surface area contributed by atoms with E-state index in [-0.39, 0.29) is 0 Å². The largest absolute Gasteiger partial charge is 0.335 e. The van der Waals surface area contributed by atoms with Crippen molar-refractivity contribution >= 4 is 50.1 Å². The van der Waals surface area contributed by atoms with Crippen molar-refractivity contribution in [1.82, 2.24) is 0 Å². The zero-order chi connectivity index (χ0) is 12.4. The monoisotopic (exact) mass is 332 g/mol. The average molecular weight is 334 g/mol. The van der Waals surface area contributed by atoms with Gasteiger partial charge < -0.3 is 5.32 Å². The van der Waals surface area contributed by atoms with Crippen LogP contribution in [0.5, 0.6) is 0 Å². The van der Waals surface area contributed by atoms with Gasteiger partial charge in [0.25, 0.3) is 0 Å². The maximum atomic E-state index is 5.96. The quantitative estimate of drug-likeness (QED) is 0.799. The van der Waals surface area contributed by atoms with E-state index in [1.807, 2.05) is 18.2 Å². The molecule has 2 nitrogen and oxygen atoms in total. The van der Waals surface area contributed by atoms with Crippen molar-refractivity contribution in [3.63, 3.8) is 0 Å². The number of thioether (sulfide) groups is 1. The minimum atomic E-state index is 0.393. The molecular formula is C12H14BrClN2S. The van der Waals surface area contributed by atoms with Gasteiger partial charge in [0, 0.05) is 15.4 Å². The fraction of sp³-hybridized carbons (Fsp3) is 0.417. The lowest BCUT2D eigenvalue weighted by atomic mass is 10.2. The number of amidine groups is 1. The smallest absolute Gasteiger partial charge is 0.161 e. The van der Waals surface area contributed by atoms with Crippen LogP contribution in [0.25, 0.3) is 0 Å². The van der Waals surface area contributed by atoms with Gasteiger partial charge in [-0.1, -0.05) is 30.3 Å². The molecule has 1 aliphatic heterocycles. The third-order valence-corrected chi connectivity index (χ3v) is 4.73. The van der Waals surface area contributed by atoms with Crippen molar-refractivity contribution in [3.8, 4) is 0 Å². The summed E-state index contributed by atoms with van der Waals surface area (Å²) in [6.45, 7) is 4.38. The van der Waals surface area contributed by atoms with Crippen molar-refractivity contribution in [2.75, 3.05) is 5.32 Å². The Morgan fingerprint density at radius 3 is 2.88 bits per heavy atom. The molecule has 0 bridgehead atoms. The van der Waals surface area contributed by atoms with Crippen LogP contribution in [0.1, 0.15) is 20.3 Å². The second-order valence-electron chi connectivity index (χ2n) is 4.20. The number of anilines is 1. The van der Waals surface area contributed by atoms with E-state index in [0.717, 1.165) is 26.8 Å². The molecule has 2 unspecified atom stereocenters. The van der Waals surface area contributed by atoms with Crippen LogP contribution in [0.2, 0.25) is 5.02 Å². The molecular weight excluding hydrogens is 320 g/mol. The molecule has 0 aromatic heterocycles. The third kappa shape index (κ3) is 3.63. The van der Waals surface area contributed by atoms with E-state index in [0.29, 0.717) is 11.3 Å². The molecule has 0 aliphatic carbocycles. The Balaban J connectivity index is 2.12. The van der Waals surface area contributed by atoms with Crippen molar-refractivity contribution in [3.05, 3.63) is 27.7 Å². The van der Waals surface area contributed by atoms with Gasteiger partial charge in [-0.25, -0.2) is 0 Å². The third-order valence-electron chi connectivity index (χ3n) is 2.49. The standard InChI is InChI=1S/C12H14BrClN2S/c1-7-5-8(2)17-12(15-7)16-9-3-4-11(14)10(13)6-9/h3-4,6-8H,5H2,1-2H3,(H,15,16). The van der Waals surface area contributed by atoms with Crippen LogP contribution in [0, 0.1) is 0 Å². The Kier molecular flexibility index (Phi) is 4.39. The van der Waals surface area contributed by atoms with E-state index < -0.39 is 0 Å². The number of rotatable bonds is 1. The summed E-state index contributed by atoms with van der Waals surface area (Å²) in [5.41, 5.74) is 1.01. The van der Waals surface area contributed by atoms with Crippen LogP contribution in [0.4, 0.5) is 5.69 Å². The van der Waals surface area contributed by atoms with Crippen molar-refractivity contribution < 1.29 is 0 Å². The molecule has 0 saturated heterocycles. The van der Waals surface area contributed by atoms with Gasteiger partial charge in [0.2, 0.25) is 0 Å². The normalized spacial score (nSPS) is 24.4. The molecule has 5 heteroatoms. The van der Waals surface area contributed by atoms with Gasteiger partial charge in [-0.3, -0.25) is 4.99 Å². The van der Waals surface area contributed by atoms with Gasteiger partial charge >= 0.3 is 0 Å². The number of nitrogens with zero attached hydrogens (tertiary/aromatic N) is 1. The zero-order valence-electron chi connectivity index (χ0n) is 9.71. The Morgan fingerprint density at radius 2 is 2.24 bits per heavy atom. The summed E-state index contributed by atoms with van der Waals surface area (Å²) in [6, 6.07) is 6.19. The number of aliphatic imine (C=N–C) groups is 1. The topological polar surface area (TPSA) is 24.4 Å². The van der Waals surface area contributed by atoms with E-state index in [1.165, 1.54) is 0 Å². The number of halogens is 2. The fourth-order valence-electron chi connectivity index (χ4n) is 1.76. The van der Waals surface area contributed by atoms with E-state index in [2.05, 4.69) is 40.1 Å². The van der Waals surface area contributed by atoms with E-state index in [9.17, 15) is 0 Å². The average Bonchev–Trinajstić information content (AvgIpc) is 2.22. The molecule has 0 fully saturated rings. The molecule has 0 saturated carbocycles. The van der Waals surface area contributed by atoms with Crippen molar-refractivity contribution in [2.45, 2.75) is 31.6 Å². The van der Waals surface area contributed by atoms with Crippen LogP contribution >= 0.6 is 39.3 Å². The van der Waals surface area contributed by atoms with Crippen LogP contribution in [0.15, 0.2) is 27.7 Å². The maximum absolute atomic E-state index is 5.96. The SMILES string of the molecule is CC1CC(C)SC(Nc2ccc(Cl)c(Br)c2)=N1. The first-order valence-electron chi connectivity index (χ1n) is 5.51. The summed E-state index contributed by atoms with van der Waals surface area (Å²) in [7, 11) is 0. The van der Waals surface area contributed by atoms with Crippen LogP contribution in [-0.4, -0.2) is 16.5 Å². The summed E-state index contributed by atoms with van der Waals surface area (Å²) in [4.78, 5) is 4.60. The Hall–Kier alpha value is -0.190. The number of hydrogen-bond acceptors (Lipinski definition) is 3. The number of nitrogens with one attached hydrogen (secondary N) is 1. The number of benzene rings is 1. The first kappa shape index (κ1) is 13.2.